The smallest absolute Gasteiger partial charge is 0.293 e. The van der Waals surface area contributed by atoms with Gasteiger partial charge in [-0.3, -0.25) is 10.1 Å². The van der Waals surface area contributed by atoms with E-state index in [9.17, 15) is 10.1 Å². The van der Waals surface area contributed by atoms with E-state index in [4.69, 9.17) is 9.26 Å². The second-order valence-corrected chi connectivity index (χ2v) is 5.37. The van der Waals surface area contributed by atoms with Crippen LogP contribution in [-0.2, 0) is 11.2 Å². The van der Waals surface area contributed by atoms with Gasteiger partial charge in [0.1, 0.15) is 5.69 Å². The van der Waals surface area contributed by atoms with Gasteiger partial charge in [0, 0.05) is 31.2 Å². The number of hydrogen-bond donors (Lipinski definition) is 1. The zero-order valence-electron chi connectivity index (χ0n) is 12.8. The predicted octanol–water partition coefficient (Wildman–Crippen LogP) is 2.80. The number of rotatable bonds is 6. The van der Waals surface area contributed by atoms with Crippen LogP contribution >= 0.6 is 0 Å². The summed E-state index contributed by atoms with van der Waals surface area (Å²) < 4.78 is 10.7. The summed E-state index contributed by atoms with van der Waals surface area (Å²) in [5, 5.41) is 18.2. The number of benzene rings is 1. The van der Waals surface area contributed by atoms with Crippen LogP contribution in [0.15, 0.2) is 22.7 Å². The Kier molecular flexibility index (Phi) is 4.52. The molecule has 1 aromatic heterocycles. The van der Waals surface area contributed by atoms with E-state index >= 15 is 0 Å². The Balaban J connectivity index is 1.81. The monoisotopic (exact) mass is 318 g/mol. The Morgan fingerprint density at radius 2 is 2.35 bits per heavy atom. The zero-order valence-corrected chi connectivity index (χ0v) is 12.8. The van der Waals surface area contributed by atoms with E-state index in [1.807, 2.05) is 6.92 Å². The van der Waals surface area contributed by atoms with Crippen LogP contribution in [0.4, 0.5) is 11.4 Å². The number of hydrogen-bond acceptors (Lipinski definition) is 7. The van der Waals surface area contributed by atoms with Crippen molar-refractivity contribution < 1.29 is 14.2 Å². The minimum Gasteiger partial charge on any atom is -0.377 e. The number of anilines is 1. The number of ether oxygens (including phenoxy) is 1. The molecule has 1 aromatic carbocycles. The first-order chi connectivity index (χ1) is 11.2. The third-order valence-electron chi connectivity index (χ3n) is 3.77. The zero-order chi connectivity index (χ0) is 16.2. The fourth-order valence-electron chi connectivity index (χ4n) is 2.51. The van der Waals surface area contributed by atoms with Crippen LogP contribution in [0.1, 0.15) is 25.6 Å². The minimum absolute atomic E-state index is 0.0169. The second kappa shape index (κ2) is 6.74. The highest BCUT2D eigenvalue weighted by Crippen LogP contribution is 2.30. The number of nitrogens with one attached hydrogen (secondary N) is 1. The van der Waals surface area contributed by atoms with Crippen molar-refractivity contribution in [3.8, 4) is 11.5 Å². The van der Waals surface area contributed by atoms with Crippen molar-refractivity contribution in [3.05, 3.63) is 34.1 Å². The topological polar surface area (TPSA) is 103 Å². The number of nitro benzene ring substituents is 1. The van der Waals surface area contributed by atoms with Gasteiger partial charge in [0.2, 0.25) is 0 Å². The molecule has 0 saturated carbocycles. The molecule has 0 bridgehead atoms. The Morgan fingerprint density at radius 1 is 1.48 bits per heavy atom. The molecule has 0 radical (unpaired) electrons. The van der Waals surface area contributed by atoms with E-state index in [0.29, 0.717) is 30.0 Å². The molecular weight excluding hydrogens is 300 g/mol. The van der Waals surface area contributed by atoms with E-state index < -0.39 is 4.92 Å². The molecule has 0 amide bonds. The number of aromatic nitrogens is 2. The molecule has 0 spiro atoms. The molecule has 1 fully saturated rings. The van der Waals surface area contributed by atoms with Gasteiger partial charge in [0.15, 0.2) is 5.82 Å². The normalized spacial score (nSPS) is 17.3. The molecule has 2 heterocycles. The largest absolute Gasteiger partial charge is 0.377 e. The summed E-state index contributed by atoms with van der Waals surface area (Å²) in [5.41, 5.74) is 0.979. The quantitative estimate of drug-likeness (QED) is 0.645. The van der Waals surface area contributed by atoms with Crippen LogP contribution in [0.3, 0.4) is 0 Å². The Morgan fingerprint density at radius 3 is 3.00 bits per heavy atom. The van der Waals surface area contributed by atoms with Gasteiger partial charge in [-0.25, -0.2) is 0 Å². The molecule has 1 atom stereocenters. The Hall–Kier alpha value is -2.48. The maximum absolute atomic E-state index is 11.3. The maximum Gasteiger partial charge on any atom is 0.293 e. The van der Waals surface area contributed by atoms with Crippen molar-refractivity contribution in [2.75, 3.05) is 18.5 Å². The van der Waals surface area contributed by atoms with Gasteiger partial charge in [-0.1, -0.05) is 12.1 Å². The number of nitrogens with zero attached hydrogens (tertiary/aromatic N) is 3. The standard InChI is InChI=1S/C15H18N4O4/c1-2-14-17-15(23-18-14)10-5-6-12(13(8-10)19(20)21)16-9-11-4-3-7-22-11/h5-6,8,11,16H,2-4,7,9H2,1H3. The lowest BCUT2D eigenvalue weighted by molar-refractivity contribution is -0.383. The second-order valence-electron chi connectivity index (χ2n) is 5.37. The van der Waals surface area contributed by atoms with Crippen molar-refractivity contribution in [2.45, 2.75) is 32.3 Å². The van der Waals surface area contributed by atoms with Crippen LogP contribution in [0.5, 0.6) is 0 Å². The van der Waals surface area contributed by atoms with E-state index in [1.165, 1.54) is 6.07 Å². The summed E-state index contributed by atoms with van der Waals surface area (Å²) in [5.74, 6) is 0.860. The van der Waals surface area contributed by atoms with E-state index in [0.717, 1.165) is 19.4 Å². The average molecular weight is 318 g/mol. The first-order valence-corrected chi connectivity index (χ1v) is 7.64. The van der Waals surface area contributed by atoms with Gasteiger partial charge in [0.25, 0.3) is 11.6 Å². The van der Waals surface area contributed by atoms with E-state index in [1.54, 1.807) is 12.1 Å². The van der Waals surface area contributed by atoms with Crippen molar-refractivity contribution in [1.29, 1.82) is 0 Å². The summed E-state index contributed by atoms with van der Waals surface area (Å²) in [6, 6.07) is 4.85. The van der Waals surface area contributed by atoms with Gasteiger partial charge >= 0.3 is 0 Å². The fourth-order valence-corrected chi connectivity index (χ4v) is 2.51. The summed E-state index contributed by atoms with van der Waals surface area (Å²) in [4.78, 5) is 15.1. The molecule has 1 saturated heterocycles. The SMILES string of the molecule is CCc1noc(-c2ccc(NCC3CCCO3)c([N+](=O)[O-])c2)n1. The summed E-state index contributed by atoms with van der Waals surface area (Å²) >= 11 is 0. The van der Waals surface area contributed by atoms with Crippen molar-refractivity contribution in [3.63, 3.8) is 0 Å². The van der Waals surface area contributed by atoms with E-state index in [2.05, 4.69) is 15.5 Å². The van der Waals surface area contributed by atoms with E-state index in [-0.39, 0.29) is 17.7 Å². The Labute approximate surface area is 133 Å². The maximum atomic E-state index is 11.3. The highest BCUT2D eigenvalue weighted by atomic mass is 16.6. The first kappa shape index (κ1) is 15.4. The van der Waals surface area contributed by atoms with Gasteiger partial charge in [0.05, 0.1) is 11.0 Å². The lowest BCUT2D eigenvalue weighted by atomic mass is 10.1. The molecule has 1 unspecified atom stereocenters. The third kappa shape index (κ3) is 3.48. The average Bonchev–Trinajstić information content (AvgIpc) is 3.24. The van der Waals surface area contributed by atoms with Gasteiger partial charge in [-0.05, 0) is 25.0 Å². The van der Waals surface area contributed by atoms with Crippen molar-refractivity contribution >= 4 is 11.4 Å². The summed E-state index contributed by atoms with van der Waals surface area (Å²) in [6.45, 7) is 3.22. The molecular formula is C15H18N4O4. The third-order valence-corrected chi connectivity index (χ3v) is 3.77. The van der Waals surface area contributed by atoms with Crippen molar-refractivity contribution in [1.82, 2.24) is 10.1 Å². The molecule has 1 N–H and O–H groups in total. The van der Waals surface area contributed by atoms with Crippen LogP contribution < -0.4 is 5.32 Å². The minimum atomic E-state index is -0.418. The first-order valence-electron chi connectivity index (χ1n) is 7.64. The van der Waals surface area contributed by atoms with Crippen LogP contribution in [0.2, 0.25) is 0 Å². The molecule has 1 aliphatic heterocycles. The number of aryl methyl sites for hydroxylation is 1. The highest BCUT2D eigenvalue weighted by molar-refractivity contribution is 5.69. The van der Waals surface area contributed by atoms with Crippen molar-refractivity contribution in [2.24, 2.45) is 0 Å². The predicted molar refractivity (Wildman–Crippen MR) is 83.2 cm³/mol. The van der Waals surface area contributed by atoms with Gasteiger partial charge < -0.3 is 14.6 Å². The lowest BCUT2D eigenvalue weighted by Crippen LogP contribution is -2.18. The molecule has 3 rings (SSSR count). The van der Waals surface area contributed by atoms with Gasteiger partial charge in [-0.15, -0.1) is 0 Å². The number of nitro groups is 1. The molecule has 0 aliphatic carbocycles. The van der Waals surface area contributed by atoms with Crippen LogP contribution in [-0.4, -0.2) is 34.3 Å². The molecule has 8 heteroatoms. The summed E-state index contributed by atoms with van der Waals surface area (Å²) in [6.07, 6.45) is 2.76. The molecule has 122 valence electrons. The fraction of sp³-hybridized carbons (Fsp3) is 0.467. The molecule has 1 aliphatic rings. The van der Waals surface area contributed by atoms with Crippen LogP contribution in [0, 0.1) is 10.1 Å². The Bertz CT molecular complexity index is 695. The summed E-state index contributed by atoms with van der Waals surface area (Å²) in [7, 11) is 0. The van der Waals surface area contributed by atoms with Crippen LogP contribution in [0.25, 0.3) is 11.5 Å². The van der Waals surface area contributed by atoms with Gasteiger partial charge in [-0.2, -0.15) is 4.98 Å². The molecule has 23 heavy (non-hydrogen) atoms. The molecule has 8 nitrogen and oxygen atoms in total. The lowest BCUT2D eigenvalue weighted by Gasteiger charge is -2.12. The highest BCUT2D eigenvalue weighted by Gasteiger charge is 2.20. The molecule has 2 aromatic rings.